The number of hydrogen-bond donors (Lipinski definition) is 2. The molecule has 2 amide bonds. The summed E-state index contributed by atoms with van der Waals surface area (Å²) in [7, 11) is 0. The fraction of sp³-hybridized carbons (Fsp3) is 0.842. The van der Waals surface area contributed by atoms with Crippen LogP contribution in [0.15, 0.2) is 0 Å². The van der Waals surface area contributed by atoms with Crippen molar-refractivity contribution in [3.8, 4) is 0 Å². The van der Waals surface area contributed by atoms with Gasteiger partial charge in [-0.3, -0.25) is 19.9 Å². The van der Waals surface area contributed by atoms with Crippen LogP contribution in [0, 0.1) is 11.3 Å². The van der Waals surface area contributed by atoms with Crippen molar-refractivity contribution in [1.29, 1.82) is 5.41 Å². The highest BCUT2D eigenvalue weighted by atomic mass is 16.2. The Morgan fingerprint density at radius 3 is 2.24 bits per heavy atom. The van der Waals surface area contributed by atoms with Crippen LogP contribution < -0.4 is 5.32 Å². The number of likely N-dealkylation sites (tertiary alicyclic amines) is 1. The van der Waals surface area contributed by atoms with Gasteiger partial charge in [-0.05, 0) is 31.6 Å². The van der Waals surface area contributed by atoms with Crippen LogP contribution in [0.5, 0.6) is 0 Å². The van der Waals surface area contributed by atoms with E-state index in [0.29, 0.717) is 12.5 Å². The molecule has 25 heavy (non-hydrogen) atoms. The average Bonchev–Trinajstić information content (AvgIpc) is 2.83. The first-order chi connectivity index (χ1) is 11.9. The Bertz CT molecular complexity index is 490. The Morgan fingerprint density at radius 2 is 1.76 bits per heavy atom. The van der Waals surface area contributed by atoms with E-state index < -0.39 is 5.54 Å². The van der Waals surface area contributed by atoms with Crippen molar-refractivity contribution in [2.75, 3.05) is 19.6 Å². The van der Waals surface area contributed by atoms with Crippen molar-refractivity contribution in [3.63, 3.8) is 0 Å². The van der Waals surface area contributed by atoms with E-state index in [1.165, 1.54) is 0 Å². The van der Waals surface area contributed by atoms with Gasteiger partial charge in [-0.25, -0.2) is 0 Å². The second kappa shape index (κ2) is 8.68. The standard InChI is InChI=1S/C19H34N4O2/c1-4-6-10-19(11-7-5-2)17(25)23(18(20)21-19)14-16-8-12-22(13-9-16)15(3)24/h16H,4-14H2,1-3H3,(H2,20,21). The lowest BCUT2D eigenvalue weighted by molar-refractivity contribution is -0.133. The minimum absolute atomic E-state index is 0.0911. The minimum Gasteiger partial charge on any atom is -0.343 e. The lowest BCUT2D eigenvalue weighted by atomic mass is 9.86. The van der Waals surface area contributed by atoms with E-state index in [4.69, 9.17) is 5.41 Å². The topological polar surface area (TPSA) is 76.5 Å². The van der Waals surface area contributed by atoms with Crippen LogP contribution in [0.1, 0.15) is 72.1 Å². The molecule has 0 unspecified atom stereocenters. The van der Waals surface area contributed by atoms with Gasteiger partial charge in [0.05, 0.1) is 0 Å². The number of rotatable bonds is 8. The molecule has 2 saturated heterocycles. The van der Waals surface area contributed by atoms with Crippen molar-refractivity contribution in [2.45, 2.75) is 77.7 Å². The highest BCUT2D eigenvalue weighted by Crippen LogP contribution is 2.30. The Labute approximate surface area is 151 Å². The minimum atomic E-state index is -0.566. The fourth-order valence-corrected chi connectivity index (χ4v) is 3.99. The van der Waals surface area contributed by atoms with Gasteiger partial charge in [0.25, 0.3) is 5.91 Å². The van der Waals surface area contributed by atoms with Gasteiger partial charge in [0.15, 0.2) is 5.96 Å². The summed E-state index contributed by atoms with van der Waals surface area (Å²) < 4.78 is 0. The molecule has 2 fully saturated rings. The maximum atomic E-state index is 13.2. The SMILES string of the molecule is CCCCC1(CCCC)NC(=N)N(CC2CCN(C(C)=O)CC2)C1=O. The lowest BCUT2D eigenvalue weighted by Crippen LogP contribution is -2.47. The molecule has 0 atom stereocenters. The molecule has 0 aromatic heterocycles. The third-order valence-electron chi connectivity index (χ3n) is 5.70. The van der Waals surface area contributed by atoms with Gasteiger partial charge in [0.2, 0.25) is 5.91 Å². The quantitative estimate of drug-likeness (QED) is 0.707. The average molecular weight is 351 g/mol. The van der Waals surface area contributed by atoms with Crippen LogP contribution in [0.4, 0.5) is 0 Å². The number of hydrogen-bond acceptors (Lipinski definition) is 3. The Kier molecular flexibility index (Phi) is 6.85. The molecule has 0 bridgehead atoms. The van der Waals surface area contributed by atoms with E-state index in [1.54, 1.807) is 11.8 Å². The summed E-state index contributed by atoms with van der Waals surface area (Å²) >= 11 is 0. The molecule has 0 saturated carbocycles. The molecule has 2 aliphatic rings. The molecular formula is C19H34N4O2. The van der Waals surface area contributed by atoms with Gasteiger partial charge in [0, 0.05) is 26.6 Å². The van der Waals surface area contributed by atoms with Crippen molar-refractivity contribution in [1.82, 2.24) is 15.1 Å². The van der Waals surface area contributed by atoms with Crippen LogP contribution in [0.3, 0.4) is 0 Å². The molecule has 2 aliphatic heterocycles. The number of guanidine groups is 1. The van der Waals surface area contributed by atoms with Crippen molar-refractivity contribution in [3.05, 3.63) is 0 Å². The normalized spacial score (nSPS) is 20.9. The number of unbranched alkanes of at least 4 members (excludes halogenated alkanes) is 2. The first-order valence-corrected chi connectivity index (χ1v) is 9.87. The van der Waals surface area contributed by atoms with E-state index in [1.807, 2.05) is 4.90 Å². The molecule has 6 nitrogen and oxygen atoms in total. The van der Waals surface area contributed by atoms with Gasteiger partial charge in [0.1, 0.15) is 5.54 Å². The number of nitrogens with one attached hydrogen (secondary N) is 2. The molecule has 6 heteroatoms. The highest BCUT2D eigenvalue weighted by Gasteiger charge is 2.48. The lowest BCUT2D eigenvalue weighted by Gasteiger charge is -2.33. The Hall–Kier alpha value is -1.59. The van der Waals surface area contributed by atoms with Crippen LogP contribution in [-0.2, 0) is 9.59 Å². The van der Waals surface area contributed by atoms with E-state index in [2.05, 4.69) is 19.2 Å². The molecule has 0 radical (unpaired) electrons. The zero-order chi connectivity index (χ0) is 18.4. The molecule has 0 aliphatic carbocycles. The third kappa shape index (κ3) is 4.53. The van der Waals surface area contributed by atoms with E-state index >= 15 is 0 Å². The summed E-state index contributed by atoms with van der Waals surface area (Å²) in [5.41, 5.74) is -0.566. The number of amides is 2. The summed E-state index contributed by atoms with van der Waals surface area (Å²) in [5.74, 6) is 0.859. The summed E-state index contributed by atoms with van der Waals surface area (Å²) in [5, 5.41) is 11.6. The van der Waals surface area contributed by atoms with Crippen LogP contribution >= 0.6 is 0 Å². The zero-order valence-electron chi connectivity index (χ0n) is 16.1. The third-order valence-corrected chi connectivity index (χ3v) is 5.70. The van der Waals surface area contributed by atoms with E-state index in [9.17, 15) is 9.59 Å². The fourth-order valence-electron chi connectivity index (χ4n) is 3.99. The molecule has 2 heterocycles. The zero-order valence-corrected chi connectivity index (χ0v) is 16.1. The number of carbonyl (C=O) groups is 2. The molecule has 142 valence electrons. The van der Waals surface area contributed by atoms with Gasteiger partial charge < -0.3 is 10.2 Å². The molecule has 0 aromatic carbocycles. The Balaban J connectivity index is 2.00. The monoisotopic (exact) mass is 350 g/mol. The van der Waals surface area contributed by atoms with E-state index in [0.717, 1.165) is 64.5 Å². The van der Waals surface area contributed by atoms with Crippen molar-refractivity contribution < 1.29 is 9.59 Å². The first-order valence-electron chi connectivity index (χ1n) is 9.87. The first kappa shape index (κ1) is 19.7. The molecule has 2 N–H and O–H groups in total. The summed E-state index contributed by atoms with van der Waals surface area (Å²) in [6.07, 6.45) is 7.55. The predicted octanol–water partition coefficient (Wildman–Crippen LogP) is 2.73. The highest BCUT2D eigenvalue weighted by molar-refractivity contribution is 6.07. The predicted molar refractivity (Wildman–Crippen MR) is 99.3 cm³/mol. The van der Waals surface area contributed by atoms with Gasteiger partial charge in [-0.2, -0.15) is 0 Å². The van der Waals surface area contributed by atoms with Gasteiger partial charge in [-0.15, -0.1) is 0 Å². The van der Waals surface area contributed by atoms with Gasteiger partial charge in [-0.1, -0.05) is 39.5 Å². The van der Waals surface area contributed by atoms with Crippen LogP contribution in [0.25, 0.3) is 0 Å². The van der Waals surface area contributed by atoms with Crippen molar-refractivity contribution in [2.24, 2.45) is 5.92 Å². The van der Waals surface area contributed by atoms with Gasteiger partial charge >= 0.3 is 0 Å². The number of carbonyl (C=O) groups excluding carboxylic acids is 2. The van der Waals surface area contributed by atoms with Crippen LogP contribution in [-0.4, -0.2) is 52.7 Å². The maximum Gasteiger partial charge on any atom is 0.255 e. The van der Waals surface area contributed by atoms with Crippen molar-refractivity contribution >= 4 is 17.8 Å². The second-order valence-corrected chi connectivity index (χ2v) is 7.63. The summed E-state index contributed by atoms with van der Waals surface area (Å²) in [4.78, 5) is 28.2. The number of piperidine rings is 1. The summed E-state index contributed by atoms with van der Waals surface area (Å²) in [6.45, 7) is 8.02. The molecular weight excluding hydrogens is 316 g/mol. The smallest absolute Gasteiger partial charge is 0.255 e. The molecule has 0 aromatic rings. The number of nitrogens with zero attached hydrogens (tertiary/aromatic N) is 2. The van der Waals surface area contributed by atoms with E-state index in [-0.39, 0.29) is 17.8 Å². The molecule has 0 spiro atoms. The van der Waals surface area contributed by atoms with Crippen LogP contribution in [0.2, 0.25) is 0 Å². The largest absolute Gasteiger partial charge is 0.343 e. The maximum absolute atomic E-state index is 13.2. The Morgan fingerprint density at radius 1 is 1.20 bits per heavy atom. The summed E-state index contributed by atoms with van der Waals surface area (Å²) in [6, 6.07) is 0. The molecule has 2 rings (SSSR count). The second-order valence-electron chi connectivity index (χ2n) is 7.63.